The molecule has 1 saturated heterocycles. The summed E-state index contributed by atoms with van der Waals surface area (Å²) in [5.41, 5.74) is 5.66. The summed E-state index contributed by atoms with van der Waals surface area (Å²) in [6.07, 6.45) is 7.52. The van der Waals surface area contributed by atoms with Gasteiger partial charge in [0.1, 0.15) is 6.04 Å². The van der Waals surface area contributed by atoms with Gasteiger partial charge in [0.2, 0.25) is 5.91 Å². The molecule has 5 nitrogen and oxygen atoms in total. The molecule has 0 radical (unpaired) electrons. The van der Waals surface area contributed by atoms with Gasteiger partial charge >= 0.3 is 5.97 Å². The van der Waals surface area contributed by atoms with E-state index in [0.717, 1.165) is 12.8 Å². The summed E-state index contributed by atoms with van der Waals surface area (Å²) >= 11 is 0. The fourth-order valence-electron chi connectivity index (χ4n) is 2.33. The van der Waals surface area contributed by atoms with E-state index in [9.17, 15) is 14.7 Å². The van der Waals surface area contributed by atoms with Crippen LogP contribution in [-0.4, -0.2) is 40.5 Å². The Hall–Kier alpha value is -1.54. The highest BCUT2D eigenvalue weighted by molar-refractivity contribution is 5.87. The number of carboxylic acid groups (broad SMARTS) is 1. The van der Waals surface area contributed by atoms with Crippen molar-refractivity contribution in [1.29, 1.82) is 0 Å². The van der Waals surface area contributed by atoms with E-state index in [4.69, 9.17) is 12.2 Å². The van der Waals surface area contributed by atoms with Crippen LogP contribution in [0.4, 0.5) is 0 Å². The molecular formula is C13H20N2O3. The summed E-state index contributed by atoms with van der Waals surface area (Å²) < 4.78 is 0. The van der Waals surface area contributed by atoms with Gasteiger partial charge in [-0.2, -0.15) is 0 Å². The second-order valence-electron chi connectivity index (χ2n) is 4.70. The number of piperidine rings is 1. The Labute approximate surface area is 107 Å². The summed E-state index contributed by atoms with van der Waals surface area (Å²) in [6.45, 7) is 2.48. The molecule has 0 bridgehead atoms. The maximum atomic E-state index is 12.0. The van der Waals surface area contributed by atoms with Crippen LogP contribution in [0.15, 0.2) is 0 Å². The van der Waals surface area contributed by atoms with Crippen molar-refractivity contribution < 1.29 is 14.7 Å². The van der Waals surface area contributed by atoms with E-state index in [-0.39, 0.29) is 12.3 Å². The molecule has 3 unspecified atom stereocenters. The lowest BCUT2D eigenvalue weighted by atomic mass is 9.88. The molecule has 0 aromatic carbocycles. The van der Waals surface area contributed by atoms with Crippen LogP contribution in [0.2, 0.25) is 0 Å². The van der Waals surface area contributed by atoms with Crippen LogP contribution >= 0.6 is 0 Å². The standard InChI is InChI=1S/C13H20N2O3/c1-3-5-10(14)12(16)15-7-6-9(4-2)8-11(15)13(17)18/h1,9-11H,4-8,14H2,2H3,(H,17,18). The molecule has 0 saturated carbocycles. The normalized spacial score (nSPS) is 25.3. The number of carbonyl (C=O) groups is 2. The van der Waals surface area contributed by atoms with Gasteiger partial charge in [-0.3, -0.25) is 4.79 Å². The van der Waals surface area contributed by atoms with Gasteiger partial charge < -0.3 is 15.7 Å². The van der Waals surface area contributed by atoms with Crippen molar-refractivity contribution in [1.82, 2.24) is 4.90 Å². The Morgan fingerprint density at radius 2 is 2.28 bits per heavy atom. The SMILES string of the molecule is C#CCC(N)C(=O)N1CCC(CC)CC1C(=O)O. The second-order valence-corrected chi connectivity index (χ2v) is 4.70. The Morgan fingerprint density at radius 1 is 1.61 bits per heavy atom. The van der Waals surface area contributed by atoms with Crippen molar-refractivity contribution >= 4 is 11.9 Å². The zero-order valence-electron chi connectivity index (χ0n) is 10.6. The van der Waals surface area contributed by atoms with Gasteiger partial charge in [0.15, 0.2) is 0 Å². The number of carbonyl (C=O) groups excluding carboxylic acids is 1. The molecule has 1 rings (SSSR count). The van der Waals surface area contributed by atoms with E-state index in [1.54, 1.807) is 0 Å². The number of rotatable bonds is 4. The van der Waals surface area contributed by atoms with Gasteiger partial charge in [-0.1, -0.05) is 13.3 Å². The highest BCUT2D eigenvalue weighted by Crippen LogP contribution is 2.26. The quantitative estimate of drug-likeness (QED) is 0.711. The molecule has 1 fully saturated rings. The monoisotopic (exact) mass is 252 g/mol. The first-order valence-corrected chi connectivity index (χ1v) is 6.23. The molecule has 0 aromatic rings. The molecular weight excluding hydrogens is 232 g/mol. The zero-order valence-corrected chi connectivity index (χ0v) is 10.6. The van der Waals surface area contributed by atoms with E-state index in [2.05, 4.69) is 5.92 Å². The number of amides is 1. The van der Waals surface area contributed by atoms with Crippen LogP contribution in [0.3, 0.4) is 0 Å². The summed E-state index contributed by atoms with van der Waals surface area (Å²) in [4.78, 5) is 24.6. The molecule has 18 heavy (non-hydrogen) atoms. The largest absolute Gasteiger partial charge is 0.480 e. The fourth-order valence-corrected chi connectivity index (χ4v) is 2.33. The average Bonchev–Trinajstić information content (AvgIpc) is 2.37. The third kappa shape index (κ3) is 3.23. The average molecular weight is 252 g/mol. The van der Waals surface area contributed by atoms with E-state index in [0.29, 0.717) is 18.9 Å². The van der Waals surface area contributed by atoms with Gasteiger partial charge in [0, 0.05) is 13.0 Å². The minimum atomic E-state index is -0.964. The molecule has 1 heterocycles. The van der Waals surface area contributed by atoms with Crippen LogP contribution in [0.5, 0.6) is 0 Å². The molecule has 3 N–H and O–H groups in total. The first-order valence-electron chi connectivity index (χ1n) is 6.23. The van der Waals surface area contributed by atoms with Crippen molar-refractivity contribution in [2.45, 2.75) is 44.7 Å². The van der Waals surface area contributed by atoms with Crippen molar-refractivity contribution in [2.75, 3.05) is 6.54 Å². The molecule has 1 aliphatic heterocycles. The topological polar surface area (TPSA) is 83.6 Å². The maximum Gasteiger partial charge on any atom is 0.326 e. The third-order valence-corrected chi connectivity index (χ3v) is 3.51. The van der Waals surface area contributed by atoms with Crippen molar-refractivity contribution in [2.24, 2.45) is 11.7 Å². The highest BCUT2D eigenvalue weighted by Gasteiger charge is 2.36. The zero-order chi connectivity index (χ0) is 13.7. The maximum absolute atomic E-state index is 12.0. The predicted molar refractivity (Wildman–Crippen MR) is 67.6 cm³/mol. The summed E-state index contributed by atoms with van der Waals surface area (Å²) in [5.74, 6) is 1.38. The van der Waals surface area contributed by atoms with Crippen molar-refractivity contribution in [3.05, 3.63) is 0 Å². The highest BCUT2D eigenvalue weighted by atomic mass is 16.4. The summed E-state index contributed by atoms with van der Waals surface area (Å²) in [5, 5.41) is 9.21. The van der Waals surface area contributed by atoms with Crippen LogP contribution in [0, 0.1) is 18.3 Å². The van der Waals surface area contributed by atoms with E-state index in [1.807, 2.05) is 6.92 Å². The summed E-state index contributed by atoms with van der Waals surface area (Å²) in [6, 6.07) is -1.56. The van der Waals surface area contributed by atoms with Gasteiger partial charge in [-0.05, 0) is 18.8 Å². The Morgan fingerprint density at radius 3 is 2.78 bits per heavy atom. The van der Waals surface area contributed by atoms with E-state index < -0.39 is 18.1 Å². The van der Waals surface area contributed by atoms with Crippen molar-refractivity contribution in [3.8, 4) is 12.3 Å². The lowest BCUT2D eigenvalue weighted by molar-refractivity contribution is -0.153. The van der Waals surface area contributed by atoms with Crippen LogP contribution in [0.1, 0.15) is 32.6 Å². The van der Waals surface area contributed by atoms with Crippen LogP contribution < -0.4 is 5.73 Å². The molecule has 0 spiro atoms. The van der Waals surface area contributed by atoms with E-state index >= 15 is 0 Å². The minimum absolute atomic E-state index is 0.138. The number of aliphatic carboxylic acids is 1. The predicted octanol–water partition coefficient (Wildman–Crippen LogP) is 0.439. The van der Waals surface area contributed by atoms with E-state index in [1.165, 1.54) is 4.90 Å². The van der Waals surface area contributed by atoms with Crippen LogP contribution in [-0.2, 0) is 9.59 Å². The van der Waals surface area contributed by atoms with Gasteiger partial charge in [-0.25, -0.2) is 4.79 Å². The number of hydrogen-bond donors (Lipinski definition) is 2. The molecule has 100 valence electrons. The first kappa shape index (κ1) is 14.5. The number of nitrogens with two attached hydrogens (primary N) is 1. The molecule has 1 aliphatic rings. The second kappa shape index (κ2) is 6.41. The minimum Gasteiger partial charge on any atom is -0.480 e. The van der Waals surface area contributed by atoms with Crippen molar-refractivity contribution in [3.63, 3.8) is 0 Å². The Balaban J connectivity index is 2.77. The Kier molecular flexibility index (Phi) is 5.17. The molecule has 0 aromatic heterocycles. The number of likely N-dealkylation sites (tertiary alicyclic amines) is 1. The number of nitrogens with zero attached hydrogens (tertiary/aromatic N) is 1. The first-order chi connectivity index (χ1) is 8.51. The number of terminal acetylenes is 1. The molecule has 1 amide bonds. The molecule has 3 atom stereocenters. The Bertz CT molecular complexity index is 362. The number of hydrogen-bond acceptors (Lipinski definition) is 3. The summed E-state index contributed by atoms with van der Waals surface area (Å²) in [7, 11) is 0. The lowest BCUT2D eigenvalue weighted by Crippen LogP contribution is -2.54. The number of carboxylic acids is 1. The molecule has 5 heteroatoms. The fraction of sp³-hybridized carbons (Fsp3) is 0.692. The van der Waals surface area contributed by atoms with Gasteiger partial charge in [0.05, 0.1) is 6.04 Å². The van der Waals surface area contributed by atoms with Gasteiger partial charge in [-0.15, -0.1) is 12.3 Å². The van der Waals surface area contributed by atoms with Gasteiger partial charge in [0.25, 0.3) is 0 Å². The van der Waals surface area contributed by atoms with Crippen LogP contribution in [0.25, 0.3) is 0 Å². The third-order valence-electron chi connectivity index (χ3n) is 3.51. The molecule has 0 aliphatic carbocycles. The smallest absolute Gasteiger partial charge is 0.326 e. The lowest BCUT2D eigenvalue weighted by Gasteiger charge is -2.38.